The molecule has 1 amide bonds. The summed E-state index contributed by atoms with van der Waals surface area (Å²) >= 11 is 0. The van der Waals surface area contributed by atoms with Crippen LogP contribution in [0, 0.1) is 5.92 Å². The Kier molecular flexibility index (Phi) is 3.58. The van der Waals surface area contributed by atoms with Crippen molar-refractivity contribution in [2.24, 2.45) is 5.92 Å². The van der Waals surface area contributed by atoms with Gasteiger partial charge in [0, 0.05) is 24.2 Å². The summed E-state index contributed by atoms with van der Waals surface area (Å²) < 4.78 is 5.24. The van der Waals surface area contributed by atoms with Crippen LogP contribution in [0.1, 0.15) is 40.9 Å². The van der Waals surface area contributed by atoms with Crippen LogP contribution >= 0.6 is 0 Å². The van der Waals surface area contributed by atoms with Gasteiger partial charge in [-0.05, 0) is 37.3 Å². The molecule has 1 aliphatic rings. The van der Waals surface area contributed by atoms with Crippen LogP contribution in [-0.4, -0.2) is 22.6 Å². The van der Waals surface area contributed by atoms with E-state index in [-0.39, 0.29) is 5.91 Å². The maximum atomic E-state index is 12.2. The molecule has 1 unspecified atom stereocenters. The molecule has 106 valence electrons. The molecule has 0 saturated carbocycles. The summed E-state index contributed by atoms with van der Waals surface area (Å²) in [6, 6.07) is 3.76. The van der Waals surface area contributed by atoms with E-state index in [1.54, 1.807) is 6.26 Å². The predicted octanol–water partition coefficient (Wildman–Crippen LogP) is 2.10. The van der Waals surface area contributed by atoms with Gasteiger partial charge >= 0.3 is 0 Å². The van der Waals surface area contributed by atoms with Crippen molar-refractivity contribution in [1.82, 2.24) is 15.5 Å². The van der Waals surface area contributed by atoms with Crippen molar-refractivity contribution in [3.05, 3.63) is 41.1 Å². The van der Waals surface area contributed by atoms with E-state index < -0.39 is 0 Å². The maximum Gasteiger partial charge on any atom is 0.272 e. The van der Waals surface area contributed by atoms with Crippen molar-refractivity contribution in [2.45, 2.75) is 32.6 Å². The number of amides is 1. The van der Waals surface area contributed by atoms with Gasteiger partial charge in [0.15, 0.2) is 5.69 Å². The van der Waals surface area contributed by atoms with E-state index in [0.29, 0.717) is 24.6 Å². The number of fused-ring (bicyclic) bond motifs is 1. The van der Waals surface area contributed by atoms with Crippen molar-refractivity contribution in [2.75, 3.05) is 6.54 Å². The normalized spacial score (nSPS) is 17.8. The fraction of sp³-hybridized carbons (Fsp3) is 0.467. The summed E-state index contributed by atoms with van der Waals surface area (Å²) in [5, 5.41) is 10.1. The minimum atomic E-state index is -0.0943. The molecule has 20 heavy (non-hydrogen) atoms. The lowest BCUT2D eigenvalue weighted by molar-refractivity contribution is 0.0947. The molecule has 1 atom stereocenters. The SMILES string of the molecule is CC1CCc2[nH]nc(C(=O)NCCc3ccco3)c2C1. The van der Waals surface area contributed by atoms with Gasteiger partial charge in [0.25, 0.3) is 5.91 Å². The summed E-state index contributed by atoms with van der Waals surface area (Å²) in [5.74, 6) is 1.40. The second-order valence-electron chi connectivity index (χ2n) is 5.46. The number of H-pyrrole nitrogens is 1. The third-order valence-electron chi connectivity index (χ3n) is 3.84. The van der Waals surface area contributed by atoms with Crippen molar-refractivity contribution >= 4 is 5.91 Å². The zero-order valence-corrected chi connectivity index (χ0v) is 11.6. The Morgan fingerprint density at radius 2 is 2.50 bits per heavy atom. The average molecular weight is 273 g/mol. The van der Waals surface area contributed by atoms with Crippen LogP contribution in [0.4, 0.5) is 0 Å². The minimum absolute atomic E-state index is 0.0943. The lowest BCUT2D eigenvalue weighted by Crippen LogP contribution is -2.27. The van der Waals surface area contributed by atoms with Crippen molar-refractivity contribution in [3.8, 4) is 0 Å². The quantitative estimate of drug-likeness (QED) is 0.896. The molecule has 5 nitrogen and oxygen atoms in total. The molecule has 0 spiro atoms. The van der Waals surface area contributed by atoms with E-state index in [1.807, 2.05) is 12.1 Å². The second-order valence-corrected chi connectivity index (χ2v) is 5.46. The lowest BCUT2D eigenvalue weighted by atomic mass is 9.87. The highest BCUT2D eigenvalue weighted by Crippen LogP contribution is 2.25. The predicted molar refractivity (Wildman–Crippen MR) is 74.5 cm³/mol. The zero-order chi connectivity index (χ0) is 13.9. The Morgan fingerprint density at radius 3 is 3.30 bits per heavy atom. The van der Waals surface area contributed by atoms with Gasteiger partial charge in [-0.1, -0.05) is 6.92 Å². The Hall–Kier alpha value is -2.04. The van der Waals surface area contributed by atoms with Gasteiger partial charge in [0.1, 0.15) is 5.76 Å². The summed E-state index contributed by atoms with van der Waals surface area (Å²) in [6.45, 7) is 2.78. The highest BCUT2D eigenvalue weighted by Gasteiger charge is 2.24. The standard InChI is InChI=1S/C15H19N3O2/c1-10-4-5-13-12(9-10)14(18-17-13)15(19)16-7-6-11-3-2-8-20-11/h2-3,8,10H,4-7,9H2,1H3,(H,16,19)(H,17,18). The average Bonchev–Trinajstić information content (AvgIpc) is 3.07. The highest BCUT2D eigenvalue weighted by molar-refractivity contribution is 5.94. The van der Waals surface area contributed by atoms with Crippen LogP contribution in [0.25, 0.3) is 0 Å². The first-order valence-corrected chi connectivity index (χ1v) is 7.10. The number of nitrogens with zero attached hydrogens (tertiary/aromatic N) is 1. The molecule has 0 aromatic carbocycles. The van der Waals surface area contributed by atoms with Crippen molar-refractivity contribution in [1.29, 1.82) is 0 Å². The summed E-state index contributed by atoms with van der Waals surface area (Å²) in [6.07, 6.45) is 5.43. The van der Waals surface area contributed by atoms with E-state index in [1.165, 1.54) is 0 Å². The van der Waals surface area contributed by atoms with E-state index in [2.05, 4.69) is 22.4 Å². The van der Waals surface area contributed by atoms with E-state index >= 15 is 0 Å². The second kappa shape index (κ2) is 5.53. The molecule has 2 aromatic heterocycles. The van der Waals surface area contributed by atoms with Gasteiger partial charge in [0.2, 0.25) is 0 Å². The Labute approximate surface area is 117 Å². The van der Waals surface area contributed by atoms with Crippen LogP contribution in [-0.2, 0) is 19.3 Å². The van der Waals surface area contributed by atoms with Crippen LogP contribution in [0.2, 0.25) is 0 Å². The Balaban J connectivity index is 1.61. The summed E-state index contributed by atoms with van der Waals surface area (Å²) in [7, 11) is 0. The number of hydrogen-bond donors (Lipinski definition) is 2. The first kappa shape index (κ1) is 13.0. The molecule has 0 saturated heterocycles. The fourth-order valence-corrected chi connectivity index (χ4v) is 2.69. The van der Waals surface area contributed by atoms with Crippen LogP contribution in [0.5, 0.6) is 0 Å². The van der Waals surface area contributed by atoms with Gasteiger partial charge in [-0.25, -0.2) is 0 Å². The Morgan fingerprint density at radius 1 is 1.60 bits per heavy atom. The van der Waals surface area contributed by atoms with Crippen LogP contribution in [0.3, 0.4) is 0 Å². The largest absolute Gasteiger partial charge is 0.469 e. The Bertz CT molecular complexity index is 586. The number of furan rings is 1. The molecule has 0 bridgehead atoms. The fourth-order valence-electron chi connectivity index (χ4n) is 2.69. The van der Waals surface area contributed by atoms with Gasteiger partial charge in [-0.3, -0.25) is 9.89 Å². The molecule has 5 heteroatoms. The monoisotopic (exact) mass is 273 g/mol. The van der Waals surface area contributed by atoms with Crippen LogP contribution in [0.15, 0.2) is 22.8 Å². The number of carbonyl (C=O) groups is 1. The van der Waals surface area contributed by atoms with Gasteiger partial charge in [-0.15, -0.1) is 0 Å². The molecule has 3 rings (SSSR count). The molecule has 0 fully saturated rings. The number of hydrogen-bond acceptors (Lipinski definition) is 3. The molecule has 1 aliphatic carbocycles. The molecule has 0 aliphatic heterocycles. The van der Waals surface area contributed by atoms with E-state index in [0.717, 1.165) is 36.3 Å². The van der Waals surface area contributed by atoms with Gasteiger partial charge < -0.3 is 9.73 Å². The maximum absolute atomic E-state index is 12.2. The number of aromatic amines is 1. The summed E-state index contributed by atoms with van der Waals surface area (Å²) in [5.41, 5.74) is 2.78. The number of nitrogens with one attached hydrogen (secondary N) is 2. The number of aryl methyl sites for hydroxylation is 1. The first-order chi connectivity index (χ1) is 9.74. The van der Waals surface area contributed by atoms with E-state index in [9.17, 15) is 4.79 Å². The number of aromatic nitrogens is 2. The smallest absolute Gasteiger partial charge is 0.272 e. The molecule has 0 radical (unpaired) electrons. The molecule has 2 N–H and O–H groups in total. The van der Waals surface area contributed by atoms with E-state index in [4.69, 9.17) is 4.42 Å². The van der Waals surface area contributed by atoms with Gasteiger partial charge in [-0.2, -0.15) is 5.10 Å². The molecular formula is C15H19N3O2. The van der Waals surface area contributed by atoms with Gasteiger partial charge in [0.05, 0.1) is 6.26 Å². The van der Waals surface area contributed by atoms with Crippen molar-refractivity contribution < 1.29 is 9.21 Å². The highest BCUT2D eigenvalue weighted by atomic mass is 16.3. The number of carbonyl (C=O) groups excluding carboxylic acids is 1. The lowest BCUT2D eigenvalue weighted by Gasteiger charge is -2.17. The molecule has 2 heterocycles. The summed E-state index contributed by atoms with van der Waals surface area (Å²) in [4.78, 5) is 12.2. The third-order valence-corrected chi connectivity index (χ3v) is 3.84. The van der Waals surface area contributed by atoms with Crippen LogP contribution < -0.4 is 5.32 Å². The topological polar surface area (TPSA) is 70.9 Å². The first-order valence-electron chi connectivity index (χ1n) is 7.10. The number of rotatable bonds is 4. The molecular weight excluding hydrogens is 254 g/mol. The molecule has 2 aromatic rings. The van der Waals surface area contributed by atoms with Crippen molar-refractivity contribution in [3.63, 3.8) is 0 Å². The third kappa shape index (κ3) is 2.61. The minimum Gasteiger partial charge on any atom is -0.469 e. The zero-order valence-electron chi connectivity index (χ0n) is 11.6.